The molecule has 1 aromatic carbocycles. The number of benzene rings is 1. The van der Waals surface area contributed by atoms with Crippen LogP contribution < -0.4 is 9.47 Å². The van der Waals surface area contributed by atoms with Crippen molar-refractivity contribution in [3.8, 4) is 11.5 Å². The number of carbonyl (C=O) groups is 2. The molecule has 1 aromatic heterocycles. The fourth-order valence-corrected chi connectivity index (χ4v) is 5.46. The highest BCUT2D eigenvalue weighted by Crippen LogP contribution is 2.37. The van der Waals surface area contributed by atoms with Gasteiger partial charge < -0.3 is 19.3 Å². The van der Waals surface area contributed by atoms with E-state index in [-0.39, 0.29) is 17.9 Å². The highest BCUT2D eigenvalue weighted by molar-refractivity contribution is 7.12. The number of likely N-dealkylation sites (tertiary alicyclic amines) is 1. The minimum atomic E-state index is 0.0705. The Morgan fingerprint density at radius 3 is 2.50 bits per heavy atom. The Bertz CT molecular complexity index is 956. The Kier molecular flexibility index (Phi) is 6.32. The van der Waals surface area contributed by atoms with E-state index in [1.807, 2.05) is 33.4 Å². The third-order valence-corrected chi connectivity index (χ3v) is 7.37. The number of carbonyl (C=O) groups excluding carboxylic acids is 2. The second kappa shape index (κ2) is 9.50. The lowest BCUT2D eigenvalue weighted by Gasteiger charge is -2.36. The van der Waals surface area contributed by atoms with Gasteiger partial charge in [0.15, 0.2) is 11.5 Å². The van der Waals surface area contributed by atoms with Crippen molar-refractivity contribution in [2.45, 2.75) is 25.3 Å². The van der Waals surface area contributed by atoms with E-state index in [1.165, 1.54) is 16.9 Å². The van der Waals surface area contributed by atoms with Crippen LogP contribution in [0, 0.1) is 0 Å². The van der Waals surface area contributed by atoms with E-state index >= 15 is 0 Å². The normalized spacial score (nSPS) is 21.4. The van der Waals surface area contributed by atoms with Gasteiger partial charge in [-0.3, -0.25) is 14.5 Å². The Morgan fingerprint density at radius 2 is 1.72 bits per heavy atom. The summed E-state index contributed by atoms with van der Waals surface area (Å²) < 4.78 is 11.6. The van der Waals surface area contributed by atoms with Crippen LogP contribution in [0.1, 0.15) is 40.5 Å². The molecule has 8 heteroatoms. The molecule has 1 atom stereocenters. The van der Waals surface area contributed by atoms with Gasteiger partial charge in [0.1, 0.15) is 0 Å². The summed E-state index contributed by atoms with van der Waals surface area (Å²) in [5, 5.41) is 1.92. The third kappa shape index (κ3) is 4.47. The van der Waals surface area contributed by atoms with Crippen LogP contribution in [-0.4, -0.2) is 79.0 Å². The highest BCUT2D eigenvalue weighted by atomic mass is 32.1. The van der Waals surface area contributed by atoms with Gasteiger partial charge in [0, 0.05) is 38.6 Å². The number of fused-ring (bicyclic) bond motifs is 1. The Morgan fingerprint density at radius 1 is 0.938 bits per heavy atom. The average molecular weight is 456 g/mol. The first kappa shape index (κ1) is 21.3. The molecule has 3 aliphatic heterocycles. The number of hydrogen-bond donors (Lipinski definition) is 0. The van der Waals surface area contributed by atoms with Gasteiger partial charge in [-0.05, 0) is 48.5 Å². The molecule has 0 bridgehead atoms. The molecule has 2 fully saturated rings. The second-order valence-corrected chi connectivity index (χ2v) is 9.48. The number of rotatable bonds is 4. The minimum Gasteiger partial charge on any atom is -0.490 e. The molecular weight excluding hydrogens is 426 g/mol. The number of ether oxygens (including phenoxy) is 2. The molecule has 0 aliphatic carbocycles. The summed E-state index contributed by atoms with van der Waals surface area (Å²) in [6.45, 7) is 5.06. The molecule has 0 radical (unpaired) electrons. The third-order valence-electron chi connectivity index (χ3n) is 6.51. The van der Waals surface area contributed by atoms with Crippen molar-refractivity contribution in [2.75, 3.05) is 52.5 Å². The molecule has 7 nitrogen and oxygen atoms in total. The fourth-order valence-electron chi connectivity index (χ4n) is 4.77. The summed E-state index contributed by atoms with van der Waals surface area (Å²) in [6.07, 6.45) is 3.01. The number of amides is 2. The molecule has 0 unspecified atom stereocenters. The van der Waals surface area contributed by atoms with Crippen molar-refractivity contribution in [3.05, 3.63) is 46.2 Å². The molecular formula is C24H29N3O4S. The molecule has 5 rings (SSSR count). The molecule has 0 saturated carbocycles. The quantitative estimate of drug-likeness (QED) is 0.709. The van der Waals surface area contributed by atoms with Crippen LogP contribution in [0.25, 0.3) is 0 Å². The first-order chi connectivity index (χ1) is 15.7. The zero-order valence-electron chi connectivity index (χ0n) is 18.2. The molecule has 32 heavy (non-hydrogen) atoms. The van der Waals surface area contributed by atoms with Crippen LogP contribution >= 0.6 is 11.3 Å². The van der Waals surface area contributed by atoms with Gasteiger partial charge in [0.05, 0.1) is 24.6 Å². The van der Waals surface area contributed by atoms with Crippen LogP contribution in [0.15, 0.2) is 35.7 Å². The zero-order valence-corrected chi connectivity index (χ0v) is 19.0. The van der Waals surface area contributed by atoms with Crippen molar-refractivity contribution >= 4 is 23.2 Å². The summed E-state index contributed by atoms with van der Waals surface area (Å²) in [6, 6.07) is 10.2. The van der Waals surface area contributed by atoms with E-state index in [0.29, 0.717) is 45.9 Å². The zero-order chi connectivity index (χ0) is 21.9. The van der Waals surface area contributed by atoms with Gasteiger partial charge in [-0.15, -0.1) is 11.3 Å². The van der Waals surface area contributed by atoms with Crippen LogP contribution in [0.5, 0.6) is 11.5 Å². The first-order valence-electron chi connectivity index (χ1n) is 11.4. The molecule has 2 saturated heterocycles. The Labute approximate surface area is 192 Å². The van der Waals surface area contributed by atoms with Gasteiger partial charge in [-0.1, -0.05) is 12.1 Å². The second-order valence-electron chi connectivity index (χ2n) is 8.54. The standard InChI is InChI=1S/C24H29N3O4S/c28-23(25-9-11-26(12-10-25)24(29)22-5-2-15-32-22)17-27-8-1-4-19(27)18-6-7-20-21(16-18)31-14-3-13-30-20/h2,5-7,15-16,19H,1,3-4,8-14,17H2/t19-/m0/s1. The SMILES string of the molecule is O=C(CN1CCC[C@H]1c1ccc2c(c1)OCCCO2)N1CCN(C(=O)c2cccs2)CC1. The fraction of sp³-hybridized carbons (Fsp3) is 0.500. The minimum absolute atomic E-state index is 0.0705. The maximum Gasteiger partial charge on any atom is 0.264 e. The summed E-state index contributed by atoms with van der Waals surface area (Å²) in [5.41, 5.74) is 1.19. The van der Waals surface area contributed by atoms with Gasteiger partial charge in [0.2, 0.25) is 5.91 Å². The molecule has 4 heterocycles. The van der Waals surface area contributed by atoms with E-state index < -0.39 is 0 Å². The van der Waals surface area contributed by atoms with Crippen molar-refractivity contribution in [2.24, 2.45) is 0 Å². The Hall–Kier alpha value is -2.58. The van der Waals surface area contributed by atoms with Crippen molar-refractivity contribution in [3.63, 3.8) is 0 Å². The van der Waals surface area contributed by atoms with Gasteiger partial charge in [-0.2, -0.15) is 0 Å². The average Bonchev–Trinajstić information content (AvgIpc) is 3.47. The van der Waals surface area contributed by atoms with Gasteiger partial charge >= 0.3 is 0 Å². The largest absolute Gasteiger partial charge is 0.490 e. The van der Waals surface area contributed by atoms with E-state index in [9.17, 15) is 9.59 Å². The predicted octanol–water partition coefficient (Wildman–Crippen LogP) is 3.03. The number of hydrogen-bond acceptors (Lipinski definition) is 6. The molecule has 2 aromatic rings. The predicted molar refractivity (Wildman–Crippen MR) is 122 cm³/mol. The van der Waals surface area contributed by atoms with Crippen molar-refractivity contribution in [1.82, 2.24) is 14.7 Å². The Balaban J connectivity index is 1.18. The van der Waals surface area contributed by atoms with Crippen molar-refractivity contribution in [1.29, 1.82) is 0 Å². The topological polar surface area (TPSA) is 62.3 Å². The lowest BCUT2D eigenvalue weighted by Crippen LogP contribution is -2.52. The summed E-state index contributed by atoms with van der Waals surface area (Å²) in [4.78, 5) is 32.4. The van der Waals surface area contributed by atoms with Crippen LogP contribution in [0.3, 0.4) is 0 Å². The smallest absolute Gasteiger partial charge is 0.264 e. The van der Waals surface area contributed by atoms with Gasteiger partial charge in [-0.25, -0.2) is 0 Å². The van der Waals surface area contributed by atoms with E-state index in [2.05, 4.69) is 17.0 Å². The molecule has 3 aliphatic rings. The lowest BCUT2D eigenvalue weighted by atomic mass is 10.0. The van der Waals surface area contributed by atoms with Gasteiger partial charge in [0.25, 0.3) is 5.91 Å². The van der Waals surface area contributed by atoms with Crippen LogP contribution in [0.4, 0.5) is 0 Å². The monoisotopic (exact) mass is 455 g/mol. The van der Waals surface area contributed by atoms with E-state index in [1.54, 1.807) is 0 Å². The lowest BCUT2D eigenvalue weighted by molar-refractivity contribution is -0.134. The number of piperazine rings is 1. The maximum atomic E-state index is 13.1. The van der Waals surface area contributed by atoms with Crippen LogP contribution in [-0.2, 0) is 4.79 Å². The number of thiophene rings is 1. The summed E-state index contributed by atoms with van der Waals surface area (Å²) >= 11 is 1.47. The molecule has 2 amide bonds. The molecule has 170 valence electrons. The van der Waals surface area contributed by atoms with Crippen molar-refractivity contribution < 1.29 is 19.1 Å². The molecule has 0 N–H and O–H groups in total. The summed E-state index contributed by atoms with van der Waals surface area (Å²) in [7, 11) is 0. The molecule has 0 spiro atoms. The number of nitrogens with zero attached hydrogens (tertiary/aromatic N) is 3. The first-order valence-corrected chi connectivity index (χ1v) is 12.3. The maximum absolute atomic E-state index is 13.1. The van der Waals surface area contributed by atoms with E-state index in [4.69, 9.17) is 9.47 Å². The van der Waals surface area contributed by atoms with E-state index in [0.717, 1.165) is 42.2 Å². The summed E-state index contributed by atoms with van der Waals surface area (Å²) in [5.74, 6) is 1.84. The van der Waals surface area contributed by atoms with Crippen LogP contribution in [0.2, 0.25) is 0 Å². The highest BCUT2D eigenvalue weighted by Gasteiger charge is 2.31.